The first-order valence-electron chi connectivity index (χ1n) is 8.65. The molecule has 2 aromatic rings. The van der Waals surface area contributed by atoms with Gasteiger partial charge >= 0.3 is 0 Å². The van der Waals surface area contributed by atoms with E-state index in [0.717, 1.165) is 18.7 Å². The molecular formula is C19H23N3O4S. The number of carbonyl (C=O) groups excluding carboxylic acids is 1. The van der Waals surface area contributed by atoms with Crippen molar-refractivity contribution in [3.63, 3.8) is 0 Å². The molecule has 0 aromatic heterocycles. The summed E-state index contributed by atoms with van der Waals surface area (Å²) < 4.78 is 33.4. The van der Waals surface area contributed by atoms with Crippen LogP contribution in [-0.2, 0) is 10.0 Å². The molecule has 0 saturated carbocycles. The minimum absolute atomic E-state index is 0.0801. The van der Waals surface area contributed by atoms with E-state index in [1.807, 2.05) is 19.1 Å². The van der Waals surface area contributed by atoms with Crippen LogP contribution in [0.25, 0.3) is 0 Å². The van der Waals surface area contributed by atoms with Gasteiger partial charge in [-0.15, -0.1) is 0 Å². The zero-order valence-corrected chi connectivity index (χ0v) is 16.1. The van der Waals surface area contributed by atoms with Crippen LogP contribution in [0.4, 0.5) is 5.69 Å². The third-order valence-corrected chi connectivity index (χ3v) is 5.84. The molecule has 2 aromatic carbocycles. The Morgan fingerprint density at radius 1 is 1.19 bits per heavy atom. The number of benzene rings is 2. The quantitative estimate of drug-likeness (QED) is 0.670. The highest BCUT2D eigenvalue weighted by Gasteiger charge is 2.23. The zero-order valence-electron chi connectivity index (χ0n) is 15.3. The van der Waals surface area contributed by atoms with Gasteiger partial charge in [0.05, 0.1) is 7.11 Å². The summed E-state index contributed by atoms with van der Waals surface area (Å²) in [6, 6.07) is 11.4. The molecular weight excluding hydrogens is 366 g/mol. The van der Waals surface area contributed by atoms with Gasteiger partial charge in [0.15, 0.2) is 0 Å². The minimum atomic E-state index is -3.91. The first-order chi connectivity index (χ1) is 12.9. The fraction of sp³-hybridized carbons (Fsp3) is 0.316. The Bertz CT molecular complexity index is 922. The van der Waals surface area contributed by atoms with Gasteiger partial charge < -0.3 is 15.4 Å². The number of amides is 1. The Balaban J connectivity index is 1.83. The van der Waals surface area contributed by atoms with E-state index in [2.05, 4.69) is 15.4 Å². The molecule has 0 unspecified atom stereocenters. The largest absolute Gasteiger partial charge is 0.495 e. The zero-order chi connectivity index (χ0) is 19.4. The third-order valence-electron chi connectivity index (χ3n) is 4.44. The van der Waals surface area contributed by atoms with Crippen molar-refractivity contribution in [2.75, 3.05) is 31.5 Å². The molecule has 3 rings (SSSR count). The molecule has 0 aliphatic carbocycles. The van der Waals surface area contributed by atoms with Crippen LogP contribution in [0.15, 0.2) is 47.4 Å². The normalized spacial score (nSPS) is 14.3. The lowest BCUT2D eigenvalue weighted by Crippen LogP contribution is -2.48. The molecule has 1 aliphatic heterocycles. The van der Waals surface area contributed by atoms with Crippen molar-refractivity contribution in [2.24, 2.45) is 5.92 Å². The number of hydrogen-bond donors (Lipinski definition) is 3. The van der Waals surface area contributed by atoms with E-state index in [-0.39, 0.29) is 22.1 Å². The summed E-state index contributed by atoms with van der Waals surface area (Å²) in [5.74, 6) is 0.282. The highest BCUT2D eigenvalue weighted by molar-refractivity contribution is 7.92. The highest BCUT2D eigenvalue weighted by atomic mass is 32.2. The summed E-state index contributed by atoms with van der Waals surface area (Å²) in [5.41, 5.74) is 1.73. The van der Waals surface area contributed by atoms with Gasteiger partial charge in [0, 0.05) is 36.8 Å². The van der Waals surface area contributed by atoms with Gasteiger partial charge in [0.1, 0.15) is 10.6 Å². The summed E-state index contributed by atoms with van der Waals surface area (Å²) >= 11 is 0. The average molecular weight is 389 g/mol. The summed E-state index contributed by atoms with van der Waals surface area (Å²) in [6.07, 6.45) is 0. The van der Waals surface area contributed by atoms with E-state index < -0.39 is 10.0 Å². The summed E-state index contributed by atoms with van der Waals surface area (Å²) in [7, 11) is -2.52. The molecule has 27 heavy (non-hydrogen) atoms. The van der Waals surface area contributed by atoms with Gasteiger partial charge in [0.25, 0.3) is 15.9 Å². The van der Waals surface area contributed by atoms with Crippen molar-refractivity contribution in [1.82, 2.24) is 10.6 Å². The number of aryl methyl sites for hydroxylation is 1. The van der Waals surface area contributed by atoms with Gasteiger partial charge in [-0.2, -0.15) is 0 Å². The van der Waals surface area contributed by atoms with Crippen LogP contribution < -0.4 is 20.1 Å². The molecule has 3 N–H and O–H groups in total. The van der Waals surface area contributed by atoms with Crippen LogP contribution in [0.5, 0.6) is 5.75 Å². The van der Waals surface area contributed by atoms with Gasteiger partial charge in [-0.3, -0.25) is 9.52 Å². The molecule has 1 saturated heterocycles. The molecule has 0 atom stereocenters. The van der Waals surface area contributed by atoms with Crippen LogP contribution in [0.2, 0.25) is 0 Å². The molecule has 144 valence electrons. The maximum absolute atomic E-state index is 12.8. The van der Waals surface area contributed by atoms with Crippen molar-refractivity contribution >= 4 is 21.6 Å². The second-order valence-electron chi connectivity index (χ2n) is 6.57. The fourth-order valence-corrected chi connectivity index (χ4v) is 3.95. The molecule has 0 spiro atoms. The average Bonchev–Trinajstić information content (AvgIpc) is 2.61. The van der Waals surface area contributed by atoms with Gasteiger partial charge in [-0.05, 0) is 37.3 Å². The van der Waals surface area contributed by atoms with E-state index in [9.17, 15) is 13.2 Å². The number of hydrogen-bond acceptors (Lipinski definition) is 5. The number of nitrogens with one attached hydrogen (secondary N) is 3. The van der Waals surface area contributed by atoms with Crippen LogP contribution in [-0.4, -0.2) is 41.1 Å². The second kappa shape index (κ2) is 7.98. The second-order valence-corrected chi connectivity index (χ2v) is 8.22. The lowest BCUT2D eigenvalue weighted by Gasteiger charge is -2.27. The molecule has 1 aliphatic rings. The van der Waals surface area contributed by atoms with Crippen molar-refractivity contribution in [3.8, 4) is 5.75 Å². The van der Waals surface area contributed by atoms with Gasteiger partial charge in [0.2, 0.25) is 0 Å². The van der Waals surface area contributed by atoms with Crippen molar-refractivity contribution < 1.29 is 17.9 Å². The number of sulfonamides is 1. The monoisotopic (exact) mass is 389 g/mol. The van der Waals surface area contributed by atoms with Crippen molar-refractivity contribution in [2.45, 2.75) is 11.8 Å². The molecule has 8 heteroatoms. The summed E-state index contributed by atoms with van der Waals surface area (Å²) in [5, 5.41) is 5.98. The standard InChI is InChI=1S/C19H23N3O4S/c1-13-3-6-16(7-4-13)22-27(24,25)18-9-15(5-8-17(18)26-2)19(23)21-12-14-10-20-11-14/h3-9,14,20,22H,10-12H2,1-2H3,(H,21,23). The van der Waals surface area contributed by atoms with Crippen LogP contribution in [0, 0.1) is 12.8 Å². The van der Waals surface area contributed by atoms with E-state index >= 15 is 0 Å². The Labute approximate surface area is 159 Å². The Kier molecular flexibility index (Phi) is 5.67. The first kappa shape index (κ1) is 19.2. The van der Waals surface area contributed by atoms with E-state index in [1.165, 1.54) is 19.2 Å². The highest BCUT2D eigenvalue weighted by Crippen LogP contribution is 2.27. The number of methoxy groups -OCH3 is 1. The van der Waals surface area contributed by atoms with Crippen LogP contribution in [0.1, 0.15) is 15.9 Å². The Morgan fingerprint density at radius 3 is 2.48 bits per heavy atom. The number of rotatable bonds is 7. The van der Waals surface area contributed by atoms with Crippen LogP contribution in [0.3, 0.4) is 0 Å². The molecule has 1 amide bonds. The molecule has 1 heterocycles. The number of anilines is 1. The van der Waals surface area contributed by atoms with E-state index in [1.54, 1.807) is 18.2 Å². The van der Waals surface area contributed by atoms with Crippen LogP contribution >= 0.6 is 0 Å². The topological polar surface area (TPSA) is 96.5 Å². The third kappa shape index (κ3) is 4.58. The molecule has 0 bridgehead atoms. The molecule has 0 radical (unpaired) electrons. The lowest BCUT2D eigenvalue weighted by molar-refractivity contribution is 0.0942. The minimum Gasteiger partial charge on any atom is -0.495 e. The SMILES string of the molecule is COc1ccc(C(=O)NCC2CNC2)cc1S(=O)(=O)Nc1ccc(C)cc1. The van der Waals surface area contributed by atoms with Crippen molar-refractivity contribution in [1.29, 1.82) is 0 Å². The Hall–Kier alpha value is -2.58. The predicted octanol–water partition coefficient (Wildman–Crippen LogP) is 1.75. The van der Waals surface area contributed by atoms with E-state index in [4.69, 9.17) is 4.74 Å². The smallest absolute Gasteiger partial charge is 0.265 e. The lowest BCUT2D eigenvalue weighted by atomic mass is 10.0. The van der Waals surface area contributed by atoms with Gasteiger partial charge in [-0.1, -0.05) is 17.7 Å². The van der Waals surface area contributed by atoms with Gasteiger partial charge in [-0.25, -0.2) is 8.42 Å². The maximum Gasteiger partial charge on any atom is 0.265 e. The van der Waals surface area contributed by atoms with E-state index in [0.29, 0.717) is 18.2 Å². The predicted molar refractivity (Wildman–Crippen MR) is 104 cm³/mol. The molecule has 1 fully saturated rings. The Morgan fingerprint density at radius 2 is 1.89 bits per heavy atom. The first-order valence-corrected chi connectivity index (χ1v) is 10.1. The summed E-state index contributed by atoms with van der Waals surface area (Å²) in [4.78, 5) is 12.3. The number of carbonyl (C=O) groups is 1. The maximum atomic E-state index is 12.8. The number of ether oxygens (including phenoxy) is 1. The molecule has 7 nitrogen and oxygen atoms in total. The van der Waals surface area contributed by atoms with Crippen molar-refractivity contribution in [3.05, 3.63) is 53.6 Å². The summed E-state index contributed by atoms with van der Waals surface area (Å²) in [6.45, 7) is 4.23. The fourth-order valence-electron chi connectivity index (χ4n) is 2.69.